The van der Waals surface area contributed by atoms with E-state index in [9.17, 15) is 23.3 Å². The summed E-state index contributed by atoms with van der Waals surface area (Å²) in [6, 6.07) is 17.1. The molecule has 3 aromatic carbocycles. The van der Waals surface area contributed by atoms with Gasteiger partial charge in [0.05, 0.1) is 17.7 Å². The molecule has 0 aliphatic rings. The molecule has 0 heterocycles. The van der Waals surface area contributed by atoms with Gasteiger partial charge in [-0.2, -0.15) is 0 Å². The van der Waals surface area contributed by atoms with Crippen LogP contribution in [0, 0.1) is 17.0 Å². The lowest BCUT2D eigenvalue weighted by molar-refractivity contribution is -0.384. The van der Waals surface area contributed by atoms with Gasteiger partial charge in [0.2, 0.25) is 10.0 Å². The number of nitrogens with one attached hydrogen (secondary N) is 2. The number of non-ortho nitro benzene ring substituents is 1. The van der Waals surface area contributed by atoms with Crippen molar-refractivity contribution in [2.45, 2.75) is 18.4 Å². The topological polar surface area (TPSA) is 128 Å². The lowest BCUT2D eigenvalue weighted by atomic mass is 10.1. The molecule has 0 spiro atoms. The van der Waals surface area contributed by atoms with Crippen LogP contribution in [0.2, 0.25) is 0 Å². The summed E-state index contributed by atoms with van der Waals surface area (Å²) in [4.78, 5) is 23.0. The predicted octanol–water partition coefficient (Wildman–Crippen LogP) is 3.64. The number of nitro benzene ring substituents is 1. The Morgan fingerprint density at radius 2 is 1.78 bits per heavy atom. The summed E-state index contributed by atoms with van der Waals surface area (Å²) in [5.41, 5.74) is 1.53. The average Bonchev–Trinajstić information content (AvgIpc) is 2.79. The van der Waals surface area contributed by atoms with E-state index in [1.165, 1.54) is 43.5 Å². The van der Waals surface area contributed by atoms with Crippen molar-refractivity contribution in [3.63, 3.8) is 0 Å². The molecule has 166 valence electrons. The summed E-state index contributed by atoms with van der Waals surface area (Å²) < 4.78 is 33.5. The first-order valence-electron chi connectivity index (χ1n) is 9.49. The number of nitrogens with zero attached hydrogens (tertiary/aromatic N) is 1. The zero-order chi connectivity index (χ0) is 23.3. The van der Waals surface area contributed by atoms with Gasteiger partial charge in [-0.15, -0.1) is 0 Å². The number of aryl methyl sites for hydroxylation is 1. The predicted molar refractivity (Wildman–Crippen MR) is 119 cm³/mol. The maximum absolute atomic E-state index is 12.9. The van der Waals surface area contributed by atoms with E-state index >= 15 is 0 Å². The number of carbonyl (C=O) groups is 1. The Balaban J connectivity index is 1.88. The molecule has 0 bridgehead atoms. The summed E-state index contributed by atoms with van der Waals surface area (Å²) in [6.45, 7) is 1.76. The van der Waals surface area contributed by atoms with Crippen molar-refractivity contribution in [3.8, 4) is 5.75 Å². The monoisotopic (exact) mass is 455 g/mol. The number of sulfonamides is 1. The third-order valence-electron chi connectivity index (χ3n) is 4.70. The quantitative estimate of drug-likeness (QED) is 0.394. The molecule has 0 saturated heterocycles. The minimum absolute atomic E-state index is 0.0526. The number of rotatable bonds is 8. The first-order chi connectivity index (χ1) is 15.2. The van der Waals surface area contributed by atoms with Gasteiger partial charge >= 0.3 is 0 Å². The summed E-state index contributed by atoms with van der Waals surface area (Å²) in [5.74, 6) is -0.538. The van der Waals surface area contributed by atoms with Crippen molar-refractivity contribution in [1.29, 1.82) is 0 Å². The van der Waals surface area contributed by atoms with Crippen LogP contribution in [0.15, 0.2) is 71.6 Å². The summed E-state index contributed by atoms with van der Waals surface area (Å²) in [5, 5.41) is 13.6. The molecule has 0 unspecified atom stereocenters. The molecule has 10 heteroatoms. The summed E-state index contributed by atoms with van der Waals surface area (Å²) in [6.07, 6.45) is 0. The molecule has 0 aromatic heterocycles. The number of hydrogen-bond donors (Lipinski definition) is 2. The van der Waals surface area contributed by atoms with Gasteiger partial charge in [0.1, 0.15) is 10.6 Å². The molecule has 0 atom stereocenters. The van der Waals surface area contributed by atoms with Crippen LogP contribution in [0.1, 0.15) is 21.5 Å². The Morgan fingerprint density at radius 3 is 2.44 bits per heavy atom. The number of benzene rings is 3. The maximum atomic E-state index is 12.9. The first kappa shape index (κ1) is 22.9. The van der Waals surface area contributed by atoms with Gasteiger partial charge < -0.3 is 10.1 Å². The standard InChI is InChI=1S/C22H21N3O6S/c1-15-8-10-18(25(27)28)13-19(15)24-22(26)17-9-11-20(31-2)21(12-17)32(29,30)23-14-16-6-4-3-5-7-16/h3-13,23H,14H2,1-2H3,(H,24,26). The molecule has 0 aliphatic carbocycles. The Bertz CT molecular complexity index is 1260. The van der Waals surface area contributed by atoms with Crippen molar-refractivity contribution < 1.29 is 22.9 Å². The van der Waals surface area contributed by atoms with Crippen molar-refractivity contribution in [3.05, 3.63) is 93.5 Å². The Kier molecular flexibility index (Phi) is 6.86. The number of methoxy groups -OCH3 is 1. The number of anilines is 1. The van der Waals surface area contributed by atoms with E-state index in [4.69, 9.17) is 4.74 Å². The summed E-state index contributed by atoms with van der Waals surface area (Å²) >= 11 is 0. The average molecular weight is 455 g/mol. The van der Waals surface area contributed by atoms with Gasteiger partial charge in [0.15, 0.2) is 0 Å². The molecule has 9 nitrogen and oxygen atoms in total. The lowest BCUT2D eigenvalue weighted by Gasteiger charge is -2.13. The van der Waals surface area contributed by atoms with Gasteiger partial charge in [-0.1, -0.05) is 36.4 Å². The van der Waals surface area contributed by atoms with Crippen molar-refractivity contribution in [2.24, 2.45) is 0 Å². The van der Waals surface area contributed by atoms with Crippen molar-refractivity contribution >= 4 is 27.3 Å². The van der Waals surface area contributed by atoms with E-state index in [-0.39, 0.29) is 34.1 Å². The third kappa shape index (κ3) is 5.29. The van der Waals surface area contributed by atoms with Crippen LogP contribution in [0.4, 0.5) is 11.4 Å². The molecule has 3 rings (SSSR count). The fraction of sp³-hybridized carbons (Fsp3) is 0.136. The van der Waals surface area contributed by atoms with Gasteiger partial charge in [0.25, 0.3) is 11.6 Å². The molecule has 1 amide bonds. The first-order valence-corrected chi connectivity index (χ1v) is 11.0. The van der Waals surface area contributed by atoms with Crippen LogP contribution in [-0.2, 0) is 16.6 Å². The Hall–Kier alpha value is -3.76. The number of nitro groups is 1. The minimum Gasteiger partial charge on any atom is -0.495 e. The van der Waals surface area contributed by atoms with E-state index in [1.807, 2.05) is 6.07 Å². The normalized spacial score (nSPS) is 11.1. The largest absolute Gasteiger partial charge is 0.495 e. The maximum Gasteiger partial charge on any atom is 0.271 e. The molecular weight excluding hydrogens is 434 g/mol. The van der Waals surface area contributed by atoms with Crippen LogP contribution in [0.3, 0.4) is 0 Å². The van der Waals surface area contributed by atoms with E-state index < -0.39 is 20.9 Å². The second-order valence-electron chi connectivity index (χ2n) is 6.89. The highest BCUT2D eigenvalue weighted by Gasteiger charge is 2.22. The van der Waals surface area contributed by atoms with Gasteiger partial charge in [-0.3, -0.25) is 14.9 Å². The number of ether oxygens (including phenoxy) is 1. The van der Waals surface area contributed by atoms with Gasteiger partial charge in [-0.25, -0.2) is 13.1 Å². The van der Waals surface area contributed by atoms with Gasteiger partial charge in [0, 0.05) is 24.2 Å². The number of amides is 1. The second-order valence-corrected chi connectivity index (χ2v) is 8.62. The molecule has 0 radical (unpaired) electrons. The van der Waals surface area contributed by atoms with E-state index in [0.29, 0.717) is 5.56 Å². The van der Waals surface area contributed by atoms with Crippen molar-refractivity contribution in [2.75, 3.05) is 12.4 Å². The molecule has 32 heavy (non-hydrogen) atoms. The van der Waals surface area contributed by atoms with Crippen LogP contribution in [0.25, 0.3) is 0 Å². The second kappa shape index (κ2) is 9.58. The molecular formula is C22H21N3O6S. The number of carbonyl (C=O) groups excluding carboxylic acids is 1. The van der Waals surface area contributed by atoms with Crippen LogP contribution in [0.5, 0.6) is 5.75 Å². The number of hydrogen-bond acceptors (Lipinski definition) is 6. The lowest BCUT2D eigenvalue weighted by Crippen LogP contribution is -2.24. The highest BCUT2D eigenvalue weighted by molar-refractivity contribution is 7.89. The SMILES string of the molecule is COc1ccc(C(=O)Nc2cc([N+](=O)[O-])ccc2C)cc1S(=O)(=O)NCc1ccccc1. The zero-order valence-electron chi connectivity index (χ0n) is 17.4. The smallest absolute Gasteiger partial charge is 0.271 e. The summed E-state index contributed by atoms with van der Waals surface area (Å²) in [7, 11) is -2.67. The highest BCUT2D eigenvalue weighted by Crippen LogP contribution is 2.27. The fourth-order valence-electron chi connectivity index (χ4n) is 2.93. The van der Waals surface area contributed by atoms with Crippen molar-refractivity contribution in [1.82, 2.24) is 4.72 Å². The molecule has 3 aromatic rings. The minimum atomic E-state index is -4.00. The molecule has 0 fully saturated rings. The van der Waals surface area contributed by atoms with Crippen LogP contribution < -0.4 is 14.8 Å². The Labute approximate surface area is 185 Å². The van der Waals surface area contributed by atoms with Crippen LogP contribution >= 0.6 is 0 Å². The molecule has 0 aliphatic heterocycles. The third-order valence-corrected chi connectivity index (χ3v) is 6.13. The zero-order valence-corrected chi connectivity index (χ0v) is 18.2. The highest BCUT2D eigenvalue weighted by atomic mass is 32.2. The van der Waals surface area contributed by atoms with E-state index in [2.05, 4.69) is 10.0 Å². The molecule has 2 N–H and O–H groups in total. The van der Waals surface area contributed by atoms with E-state index in [1.54, 1.807) is 31.2 Å². The molecule has 0 saturated carbocycles. The van der Waals surface area contributed by atoms with Gasteiger partial charge in [-0.05, 0) is 36.2 Å². The Morgan fingerprint density at radius 1 is 1.06 bits per heavy atom. The fourth-order valence-corrected chi connectivity index (χ4v) is 4.14. The van der Waals surface area contributed by atoms with E-state index in [0.717, 1.165) is 5.56 Å². The van der Waals surface area contributed by atoms with Crippen LogP contribution in [-0.4, -0.2) is 26.4 Å².